The highest BCUT2D eigenvalue weighted by Crippen LogP contribution is 2.36. The molecule has 0 saturated heterocycles. The lowest BCUT2D eigenvalue weighted by atomic mass is 9.90. The summed E-state index contributed by atoms with van der Waals surface area (Å²) in [7, 11) is -3.74. The Hall–Kier alpha value is -2.43. The molecule has 32 heavy (non-hydrogen) atoms. The van der Waals surface area contributed by atoms with Crippen molar-refractivity contribution in [2.45, 2.75) is 56.3 Å². The van der Waals surface area contributed by atoms with E-state index in [1.165, 1.54) is 13.0 Å². The number of anilines is 1. The molecule has 2 aromatic rings. The van der Waals surface area contributed by atoms with Gasteiger partial charge in [-0.05, 0) is 30.4 Å². The molecule has 5 N–H and O–H groups in total. The Morgan fingerprint density at radius 1 is 1.44 bits per heavy atom. The predicted octanol–water partition coefficient (Wildman–Crippen LogP) is 3.53. The molecule has 0 aliphatic rings. The predicted molar refractivity (Wildman–Crippen MR) is 120 cm³/mol. The normalized spacial score (nSPS) is 15.2. The molecule has 0 spiro atoms. The number of halogens is 1. The van der Waals surface area contributed by atoms with Gasteiger partial charge in [0.15, 0.2) is 9.92 Å². The molecular weight excluding hydrogens is 457 g/mol. The number of urea groups is 1. The third kappa shape index (κ3) is 5.31. The van der Waals surface area contributed by atoms with Gasteiger partial charge in [0.2, 0.25) is 0 Å². The zero-order valence-electron chi connectivity index (χ0n) is 18.3. The lowest BCUT2D eigenvalue weighted by molar-refractivity contribution is -0.00244. The Balaban J connectivity index is 2.53. The maximum Gasteiger partial charge on any atom is 0.354 e. The topological polar surface area (TPSA) is 162 Å². The van der Waals surface area contributed by atoms with Crippen molar-refractivity contribution in [3.05, 3.63) is 39.8 Å². The molecule has 0 fully saturated rings. The van der Waals surface area contributed by atoms with Gasteiger partial charge in [-0.2, -0.15) is 5.26 Å². The number of benzene rings is 1. The molecule has 9 nitrogen and oxygen atoms in total. The van der Waals surface area contributed by atoms with Gasteiger partial charge in [0.1, 0.15) is 26.7 Å². The number of aliphatic hydroxyl groups is 2. The third-order valence-electron chi connectivity index (χ3n) is 4.64. The smallest absolute Gasteiger partial charge is 0.354 e. The Bertz CT molecular complexity index is 1190. The van der Waals surface area contributed by atoms with Gasteiger partial charge in [-0.3, -0.25) is 0 Å². The summed E-state index contributed by atoms with van der Waals surface area (Å²) in [6.07, 6.45) is 1.11. The molecule has 174 valence electrons. The minimum Gasteiger partial charge on any atom is -0.393 e. The van der Waals surface area contributed by atoms with Gasteiger partial charge >= 0.3 is 6.03 Å². The van der Waals surface area contributed by atoms with Crippen LogP contribution in [0.4, 0.5) is 14.9 Å². The number of carbonyl (C=O) groups excluding carboxylic acids is 1. The molecule has 0 bridgehead atoms. The van der Waals surface area contributed by atoms with Crippen molar-refractivity contribution in [2.75, 3.05) is 11.9 Å². The molecule has 1 aromatic carbocycles. The molecule has 12 heteroatoms. The van der Waals surface area contributed by atoms with Gasteiger partial charge in [-0.1, -0.05) is 27.7 Å². The number of thiazole rings is 1. The number of aliphatic hydroxyl groups excluding tert-OH is 1. The number of nitrogens with zero attached hydrogens (tertiary/aromatic N) is 3. The molecule has 0 radical (unpaired) electrons. The third-order valence-corrected chi connectivity index (χ3v) is 7.77. The highest BCUT2D eigenvalue weighted by molar-refractivity contribution is 7.93. The second kappa shape index (κ2) is 9.60. The van der Waals surface area contributed by atoms with Gasteiger partial charge in [0, 0.05) is 5.56 Å². The molecule has 1 heterocycles. The molecule has 0 aliphatic heterocycles. The van der Waals surface area contributed by atoms with Gasteiger partial charge in [-0.15, -0.1) is 15.7 Å². The van der Waals surface area contributed by atoms with Crippen molar-refractivity contribution in [3.8, 4) is 6.07 Å². The summed E-state index contributed by atoms with van der Waals surface area (Å²) in [5, 5.41) is 36.9. The van der Waals surface area contributed by atoms with Crippen LogP contribution in [0.5, 0.6) is 0 Å². The van der Waals surface area contributed by atoms with Gasteiger partial charge in [0.05, 0.1) is 24.1 Å². The summed E-state index contributed by atoms with van der Waals surface area (Å²) >= 11 is 0.752. The number of nitriles is 1. The molecule has 1 aromatic heterocycles. The minimum absolute atomic E-state index is 0.0575. The first-order valence-corrected chi connectivity index (χ1v) is 12.1. The average molecular weight is 484 g/mol. The van der Waals surface area contributed by atoms with Gasteiger partial charge in [0.25, 0.3) is 0 Å². The van der Waals surface area contributed by atoms with Crippen LogP contribution in [0.25, 0.3) is 0 Å². The largest absolute Gasteiger partial charge is 0.393 e. The van der Waals surface area contributed by atoms with E-state index < -0.39 is 34.0 Å². The highest BCUT2D eigenvalue weighted by atomic mass is 32.2. The molecular formula is C20H26FN5O4S2. The molecule has 0 aliphatic carbocycles. The summed E-state index contributed by atoms with van der Waals surface area (Å²) < 4.78 is 31.3. The van der Waals surface area contributed by atoms with Crippen LogP contribution in [0.15, 0.2) is 20.8 Å². The lowest BCUT2D eigenvalue weighted by Gasteiger charge is -2.21. The molecule has 2 amide bonds. The van der Waals surface area contributed by atoms with Crippen molar-refractivity contribution in [3.63, 3.8) is 0 Å². The standard InChI is InChI=1S/C20H26FN5O4S2/c1-10(2)13-6-12(7-22)16(21)15(11(3)4)17(13)25-19(28)26-32(23,30)14-8-24-18(31-14)20(5,29)9-27/h6,8,10-11,27,29H,9H2,1-5H3,(H3,23,25,26,28,30)/t20?,32-/m1/s1. The number of nitrogens with two attached hydrogens (primary N) is 1. The van der Waals surface area contributed by atoms with Crippen LogP contribution in [0.2, 0.25) is 0 Å². The molecule has 2 atom stereocenters. The fraction of sp³-hybridized carbons (Fsp3) is 0.450. The van der Waals surface area contributed by atoms with Crippen molar-refractivity contribution in [2.24, 2.45) is 9.50 Å². The summed E-state index contributed by atoms with van der Waals surface area (Å²) in [6, 6.07) is 2.13. The quantitative estimate of drug-likeness (QED) is 0.491. The van der Waals surface area contributed by atoms with E-state index in [2.05, 4.69) is 14.7 Å². The van der Waals surface area contributed by atoms with Crippen molar-refractivity contribution in [1.82, 2.24) is 4.98 Å². The summed E-state index contributed by atoms with van der Waals surface area (Å²) in [5.74, 6) is -1.28. The molecule has 0 saturated carbocycles. The Kier molecular flexibility index (Phi) is 7.75. The minimum atomic E-state index is -3.74. The van der Waals surface area contributed by atoms with E-state index in [1.807, 2.05) is 19.9 Å². The Morgan fingerprint density at radius 2 is 2.06 bits per heavy atom. The summed E-state index contributed by atoms with van der Waals surface area (Å²) in [6.45, 7) is 7.77. The van der Waals surface area contributed by atoms with E-state index in [-0.39, 0.29) is 37.9 Å². The van der Waals surface area contributed by atoms with E-state index in [0.29, 0.717) is 5.56 Å². The van der Waals surface area contributed by atoms with E-state index in [0.717, 1.165) is 17.5 Å². The zero-order chi connectivity index (χ0) is 24.4. The number of amides is 2. The van der Waals surface area contributed by atoms with Crippen molar-refractivity contribution < 1.29 is 23.6 Å². The van der Waals surface area contributed by atoms with Crippen LogP contribution >= 0.6 is 11.3 Å². The first-order chi connectivity index (χ1) is 14.7. The number of carbonyl (C=O) groups is 1. The van der Waals surface area contributed by atoms with Crippen LogP contribution in [0.1, 0.15) is 68.2 Å². The van der Waals surface area contributed by atoms with Crippen LogP contribution < -0.4 is 10.5 Å². The highest BCUT2D eigenvalue weighted by Gasteiger charge is 2.28. The van der Waals surface area contributed by atoms with E-state index in [4.69, 9.17) is 5.14 Å². The Morgan fingerprint density at radius 3 is 2.56 bits per heavy atom. The fourth-order valence-corrected chi connectivity index (χ4v) is 5.03. The van der Waals surface area contributed by atoms with Crippen molar-refractivity contribution >= 4 is 33.0 Å². The first-order valence-electron chi connectivity index (χ1n) is 9.67. The molecule has 1 unspecified atom stereocenters. The number of aromatic nitrogens is 1. The maximum absolute atomic E-state index is 14.9. The number of rotatable bonds is 6. The molecule has 2 rings (SSSR count). The van der Waals surface area contributed by atoms with Crippen LogP contribution in [0.3, 0.4) is 0 Å². The summed E-state index contributed by atoms with van der Waals surface area (Å²) in [4.78, 5) is 16.5. The zero-order valence-corrected chi connectivity index (χ0v) is 20.0. The number of hydrogen-bond donors (Lipinski definition) is 4. The van der Waals surface area contributed by atoms with E-state index in [1.54, 1.807) is 13.8 Å². The fourth-order valence-electron chi connectivity index (χ4n) is 2.93. The van der Waals surface area contributed by atoms with E-state index >= 15 is 0 Å². The van der Waals surface area contributed by atoms with Crippen LogP contribution in [-0.4, -0.2) is 32.0 Å². The number of hydrogen-bond acceptors (Lipinski definition) is 7. The average Bonchev–Trinajstić information content (AvgIpc) is 3.19. The monoisotopic (exact) mass is 483 g/mol. The maximum atomic E-state index is 14.9. The van der Waals surface area contributed by atoms with E-state index in [9.17, 15) is 28.9 Å². The SMILES string of the molecule is CC(C)c1cc(C#N)c(F)c(C(C)C)c1NC(=O)N=[S@@](N)(=O)c1cnc(C(C)(O)CO)s1. The second-order valence-electron chi connectivity index (χ2n) is 8.04. The summed E-state index contributed by atoms with van der Waals surface area (Å²) in [5.41, 5.74) is -0.984. The van der Waals surface area contributed by atoms with Crippen molar-refractivity contribution in [1.29, 1.82) is 5.26 Å². The second-order valence-corrected chi connectivity index (χ2v) is 11.1. The Labute approximate surface area is 190 Å². The first kappa shape index (κ1) is 25.8. The van der Waals surface area contributed by atoms with Gasteiger partial charge in [-0.25, -0.2) is 23.5 Å². The van der Waals surface area contributed by atoms with Crippen LogP contribution in [0, 0.1) is 17.1 Å². The van der Waals surface area contributed by atoms with Gasteiger partial charge < -0.3 is 15.5 Å². The lowest BCUT2D eigenvalue weighted by Crippen LogP contribution is -2.25. The van der Waals surface area contributed by atoms with Crippen LogP contribution in [-0.2, 0) is 15.5 Å². The number of nitrogens with one attached hydrogen (secondary N) is 1.